The van der Waals surface area contributed by atoms with Crippen LogP contribution in [-0.4, -0.2) is 73.5 Å². The van der Waals surface area contributed by atoms with Gasteiger partial charge in [-0.3, -0.25) is 15.0 Å². The summed E-state index contributed by atoms with van der Waals surface area (Å²) in [7, 11) is -3.97. The number of hydrogen-bond acceptors (Lipinski definition) is 9. The van der Waals surface area contributed by atoms with Gasteiger partial charge in [0.05, 0.1) is 16.4 Å². The summed E-state index contributed by atoms with van der Waals surface area (Å²) in [5.41, 5.74) is 3.04. The van der Waals surface area contributed by atoms with E-state index in [-0.39, 0.29) is 60.1 Å². The number of hydrogen-bond donors (Lipinski definition) is 0. The minimum absolute atomic E-state index is 0.00979. The number of piperidine rings is 1. The highest BCUT2D eigenvalue weighted by Gasteiger charge is 2.60. The van der Waals surface area contributed by atoms with E-state index >= 15 is 0 Å². The molecule has 2 unspecified atom stereocenters. The van der Waals surface area contributed by atoms with Crippen molar-refractivity contribution in [3.63, 3.8) is 0 Å². The zero-order chi connectivity index (χ0) is 37.8. The first-order valence-corrected chi connectivity index (χ1v) is 19.5. The van der Waals surface area contributed by atoms with Gasteiger partial charge < -0.3 is 14.2 Å². The van der Waals surface area contributed by atoms with Crippen molar-refractivity contribution in [1.29, 1.82) is 0 Å². The Bertz CT molecular complexity index is 1950. The maximum absolute atomic E-state index is 14.0. The van der Waals surface area contributed by atoms with E-state index in [0.29, 0.717) is 11.5 Å². The van der Waals surface area contributed by atoms with Gasteiger partial charge in [0.1, 0.15) is 18.1 Å². The van der Waals surface area contributed by atoms with E-state index in [0.717, 1.165) is 30.8 Å². The zero-order valence-corrected chi connectivity index (χ0v) is 31.4. The third-order valence-electron chi connectivity index (χ3n) is 9.93. The smallest absolute Gasteiger partial charge is 0.347 e. The Morgan fingerprint density at radius 1 is 0.887 bits per heavy atom. The molecular formula is C41H47N3O8S. The van der Waals surface area contributed by atoms with Crippen LogP contribution >= 0.6 is 0 Å². The average Bonchev–Trinajstić information content (AvgIpc) is 3.61. The van der Waals surface area contributed by atoms with Gasteiger partial charge in [0.25, 0.3) is 5.69 Å². The number of nitro benzene ring substituents is 1. The van der Waals surface area contributed by atoms with Gasteiger partial charge in [0.2, 0.25) is 10.0 Å². The molecule has 1 saturated carbocycles. The van der Waals surface area contributed by atoms with Crippen molar-refractivity contribution in [2.24, 2.45) is 11.8 Å². The number of fused-ring (bicyclic) bond motifs is 1. The number of benzene rings is 4. The molecule has 1 aliphatic heterocycles. The summed E-state index contributed by atoms with van der Waals surface area (Å²) in [4.78, 5) is 25.9. The summed E-state index contributed by atoms with van der Waals surface area (Å²) < 4.78 is 47.0. The molecule has 1 saturated heterocycles. The van der Waals surface area contributed by atoms with Gasteiger partial charge in [0.15, 0.2) is 6.10 Å². The SMILES string of the molecule is CCOC(=O)[C@H](Cc1ccc(OCCN(C2C3CN(Cc4ccccc4)C[C@H]32)S(=O)(=O)c2ccc([N+](=O)[O-])cc2)cc1)Oc1ccc(C(C)(C)C)cc1. The van der Waals surface area contributed by atoms with Crippen molar-refractivity contribution in [3.05, 3.63) is 130 Å². The molecular weight excluding hydrogens is 695 g/mol. The molecule has 53 heavy (non-hydrogen) atoms. The summed E-state index contributed by atoms with van der Waals surface area (Å²) in [6.45, 7) is 11.0. The normalized spacial score (nSPS) is 19.0. The Morgan fingerprint density at radius 2 is 1.51 bits per heavy atom. The predicted octanol–water partition coefficient (Wildman–Crippen LogP) is 6.65. The van der Waals surface area contributed by atoms with Crippen LogP contribution in [0.25, 0.3) is 0 Å². The van der Waals surface area contributed by atoms with Crippen molar-refractivity contribution < 1.29 is 32.3 Å². The van der Waals surface area contributed by atoms with Crippen LogP contribution in [0.1, 0.15) is 44.4 Å². The third kappa shape index (κ3) is 9.24. The molecule has 1 heterocycles. The molecule has 2 fully saturated rings. The first kappa shape index (κ1) is 38.0. The van der Waals surface area contributed by atoms with Gasteiger partial charge in [-0.2, -0.15) is 4.31 Å². The molecule has 11 nitrogen and oxygen atoms in total. The van der Waals surface area contributed by atoms with E-state index in [4.69, 9.17) is 14.2 Å². The van der Waals surface area contributed by atoms with Crippen molar-refractivity contribution in [3.8, 4) is 11.5 Å². The Kier molecular flexibility index (Phi) is 11.5. The fraction of sp³-hybridized carbons (Fsp3) is 0.390. The summed E-state index contributed by atoms with van der Waals surface area (Å²) in [5.74, 6) is 1.06. The number of nitro groups is 1. The number of likely N-dealkylation sites (tertiary alicyclic amines) is 1. The highest BCUT2D eigenvalue weighted by molar-refractivity contribution is 7.89. The average molecular weight is 742 g/mol. The Labute approximate surface area is 311 Å². The number of ether oxygens (including phenoxy) is 3. The molecule has 0 radical (unpaired) electrons. The molecule has 0 amide bonds. The van der Waals surface area contributed by atoms with Gasteiger partial charge in [-0.1, -0.05) is 75.4 Å². The van der Waals surface area contributed by atoms with Gasteiger partial charge in [-0.25, -0.2) is 13.2 Å². The number of carbonyl (C=O) groups excluding carboxylic acids is 1. The Hall–Kier alpha value is -4.78. The lowest BCUT2D eigenvalue weighted by Crippen LogP contribution is -2.41. The molecule has 12 heteroatoms. The first-order valence-electron chi connectivity index (χ1n) is 18.0. The molecule has 0 N–H and O–H groups in total. The standard InChI is InChI=1S/C41H47N3O8S/c1-5-50-40(45)38(52-34-19-13-31(14-20-34)41(2,3)4)25-29-11-17-33(18-12-29)51-24-23-43(53(48,49)35-21-15-32(16-22-35)44(46)47)39-36-27-42(28-37(36)39)26-30-9-7-6-8-10-30/h6-22,36-39H,5,23-28H2,1-4H3/t36-,37?,38+,39?/m1/s1. The summed E-state index contributed by atoms with van der Waals surface area (Å²) in [6, 6.07) is 30.1. The number of carbonyl (C=O) groups is 1. The fourth-order valence-electron chi connectivity index (χ4n) is 7.08. The summed E-state index contributed by atoms with van der Waals surface area (Å²) >= 11 is 0. The van der Waals surface area contributed by atoms with E-state index in [1.165, 1.54) is 34.1 Å². The molecule has 4 aromatic rings. The lowest BCUT2D eigenvalue weighted by Gasteiger charge is -2.27. The Balaban J connectivity index is 1.10. The van der Waals surface area contributed by atoms with Crippen LogP contribution in [0.3, 0.4) is 0 Å². The molecule has 2 aliphatic rings. The number of rotatable bonds is 16. The van der Waals surface area contributed by atoms with Crippen molar-refractivity contribution in [2.75, 3.05) is 32.8 Å². The molecule has 0 bridgehead atoms. The number of esters is 1. The van der Waals surface area contributed by atoms with Gasteiger partial charge in [-0.15, -0.1) is 0 Å². The number of nitrogens with zero attached hydrogens (tertiary/aromatic N) is 3. The van der Waals surface area contributed by atoms with E-state index in [1.54, 1.807) is 19.1 Å². The predicted molar refractivity (Wildman–Crippen MR) is 201 cm³/mol. The second kappa shape index (κ2) is 16.1. The molecule has 4 atom stereocenters. The first-order chi connectivity index (χ1) is 25.3. The third-order valence-corrected chi connectivity index (χ3v) is 11.8. The second-order valence-corrected chi connectivity index (χ2v) is 16.6. The van der Waals surface area contributed by atoms with E-state index < -0.39 is 27.0 Å². The summed E-state index contributed by atoms with van der Waals surface area (Å²) in [6.07, 6.45) is -0.561. The minimum Gasteiger partial charge on any atom is -0.492 e. The van der Waals surface area contributed by atoms with Crippen LogP contribution in [0, 0.1) is 22.0 Å². The van der Waals surface area contributed by atoms with Crippen molar-refractivity contribution in [2.45, 2.75) is 63.1 Å². The van der Waals surface area contributed by atoms with Crippen LogP contribution < -0.4 is 9.47 Å². The topological polar surface area (TPSA) is 129 Å². The van der Waals surface area contributed by atoms with E-state index in [1.807, 2.05) is 54.6 Å². The van der Waals surface area contributed by atoms with Crippen LogP contribution in [0.4, 0.5) is 5.69 Å². The molecule has 0 aromatic heterocycles. The second-order valence-electron chi connectivity index (χ2n) is 14.7. The lowest BCUT2D eigenvalue weighted by atomic mass is 9.87. The molecule has 6 rings (SSSR count). The lowest BCUT2D eigenvalue weighted by molar-refractivity contribution is -0.384. The highest BCUT2D eigenvalue weighted by Crippen LogP contribution is 2.50. The van der Waals surface area contributed by atoms with Gasteiger partial charge in [-0.05, 0) is 77.3 Å². The van der Waals surface area contributed by atoms with Crippen molar-refractivity contribution >= 4 is 21.7 Å². The molecule has 1 aliphatic carbocycles. The van der Waals surface area contributed by atoms with Gasteiger partial charge in [0, 0.05) is 50.8 Å². The quantitative estimate of drug-likeness (QED) is 0.0705. The molecule has 0 spiro atoms. The molecule has 280 valence electrons. The van der Waals surface area contributed by atoms with Crippen LogP contribution in [0.15, 0.2) is 108 Å². The van der Waals surface area contributed by atoms with Crippen LogP contribution in [0.5, 0.6) is 11.5 Å². The van der Waals surface area contributed by atoms with E-state index in [2.05, 4.69) is 37.8 Å². The van der Waals surface area contributed by atoms with Crippen molar-refractivity contribution in [1.82, 2.24) is 9.21 Å². The largest absolute Gasteiger partial charge is 0.492 e. The van der Waals surface area contributed by atoms with E-state index in [9.17, 15) is 23.3 Å². The maximum Gasteiger partial charge on any atom is 0.347 e. The molecule has 4 aromatic carbocycles. The number of non-ortho nitro benzene ring substituents is 1. The zero-order valence-electron chi connectivity index (χ0n) is 30.6. The fourth-order valence-corrected chi connectivity index (χ4v) is 8.78. The summed E-state index contributed by atoms with van der Waals surface area (Å²) in [5, 5.41) is 11.2. The number of sulfonamides is 1. The van der Waals surface area contributed by atoms with Crippen LogP contribution in [0.2, 0.25) is 0 Å². The minimum atomic E-state index is -3.97. The van der Waals surface area contributed by atoms with Crippen LogP contribution in [-0.2, 0) is 37.9 Å². The monoisotopic (exact) mass is 741 g/mol. The maximum atomic E-state index is 14.0. The van der Waals surface area contributed by atoms with Gasteiger partial charge >= 0.3 is 5.97 Å². The highest BCUT2D eigenvalue weighted by atomic mass is 32.2. The Morgan fingerprint density at radius 3 is 2.09 bits per heavy atom.